The van der Waals surface area contributed by atoms with Gasteiger partial charge in [0.1, 0.15) is 11.3 Å². The largest absolute Gasteiger partial charge is 0.370 e. The predicted octanol–water partition coefficient (Wildman–Crippen LogP) is 4.60. The number of nitrogens with zero attached hydrogens (tertiary/aromatic N) is 1. The smallest absolute Gasteiger partial charge is 0.168 e. The van der Waals surface area contributed by atoms with E-state index in [9.17, 15) is 13.2 Å². The molecule has 0 aliphatic carbocycles. The Hall–Kier alpha value is -1.78. The Labute approximate surface area is 116 Å². The molecule has 20 heavy (non-hydrogen) atoms. The SMILES string of the molecule is CCCNc1nc2c(F)cc(F)c(F)c2cc1C(C)C. The standard InChI is InChI=1S/C15H17F3N2/c1-4-5-19-15-9(8(2)3)6-10-13(18)11(16)7-12(17)14(10)20-15/h6-8H,4-5H2,1-3H3,(H,19,20). The van der Waals surface area contributed by atoms with Crippen molar-refractivity contribution in [2.24, 2.45) is 0 Å². The van der Waals surface area contributed by atoms with Crippen LogP contribution in [0.5, 0.6) is 0 Å². The van der Waals surface area contributed by atoms with Crippen molar-refractivity contribution in [3.05, 3.63) is 35.1 Å². The first-order chi connectivity index (χ1) is 9.45. The van der Waals surface area contributed by atoms with Crippen LogP contribution in [0.15, 0.2) is 12.1 Å². The summed E-state index contributed by atoms with van der Waals surface area (Å²) in [4.78, 5) is 4.14. The van der Waals surface area contributed by atoms with Gasteiger partial charge in [0.15, 0.2) is 17.5 Å². The van der Waals surface area contributed by atoms with Crippen LogP contribution in [0.4, 0.5) is 19.0 Å². The van der Waals surface area contributed by atoms with Gasteiger partial charge < -0.3 is 5.32 Å². The molecule has 0 aliphatic heterocycles. The minimum absolute atomic E-state index is 0.0667. The molecule has 0 saturated heterocycles. The number of benzene rings is 1. The Morgan fingerprint density at radius 2 is 1.85 bits per heavy atom. The normalized spacial score (nSPS) is 11.3. The Kier molecular flexibility index (Phi) is 4.16. The predicted molar refractivity (Wildman–Crippen MR) is 74.5 cm³/mol. The van der Waals surface area contributed by atoms with E-state index in [-0.39, 0.29) is 16.8 Å². The van der Waals surface area contributed by atoms with E-state index >= 15 is 0 Å². The van der Waals surface area contributed by atoms with Crippen molar-refractivity contribution in [3.63, 3.8) is 0 Å². The zero-order valence-electron chi connectivity index (χ0n) is 11.7. The van der Waals surface area contributed by atoms with E-state index in [0.29, 0.717) is 18.4 Å². The van der Waals surface area contributed by atoms with Crippen LogP contribution in [-0.2, 0) is 0 Å². The number of pyridine rings is 1. The Morgan fingerprint density at radius 3 is 2.45 bits per heavy atom. The molecular weight excluding hydrogens is 265 g/mol. The molecule has 0 saturated carbocycles. The summed E-state index contributed by atoms with van der Waals surface area (Å²) >= 11 is 0. The fraction of sp³-hybridized carbons (Fsp3) is 0.400. The molecule has 2 rings (SSSR count). The fourth-order valence-corrected chi connectivity index (χ4v) is 2.07. The molecule has 1 aromatic carbocycles. The summed E-state index contributed by atoms with van der Waals surface area (Å²) in [6.07, 6.45) is 0.886. The van der Waals surface area contributed by atoms with Gasteiger partial charge >= 0.3 is 0 Å². The van der Waals surface area contributed by atoms with Crippen molar-refractivity contribution in [2.45, 2.75) is 33.1 Å². The van der Waals surface area contributed by atoms with E-state index in [4.69, 9.17) is 0 Å². The van der Waals surface area contributed by atoms with Gasteiger partial charge in [0, 0.05) is 18.0 Å². The summed E-state index contributed by atoms with van der Waals surface area (Å²) in [5.74, 6) is -2.51. The number of aromatic nitrogens is 1. The van der Waals surface area contributed by atoms with E-state index < -0.39 is 17.5 Å². The third kappa shape index (κ3) is 2.57. The molecule has 0 spiro atoms. The minimum Gasteiger partial charge on any atom is -0.370 e. The lowest BCUT2D eigenvalue weighted by molar-refractivity contribution is 0.505. The van der Waals surface area contributed by atoms with Gasteiger partial charge in [-0.1, -0.05) is 20.8 Å². The number of hydrogen-bond donors (Lipinski definition) is 1. The molecule has 0 fully saturated rings. The average molecular weight is 282 g/mol. The minimum atomic E-state index is -1.19. The first-order valence-corrected chi connectivity index (χ1v) is 6.67. The quantitative estimate of drug-likeness (QED) is 0.829. The second-order valence-electron chi connectivity index (χ2n) is 5.06. The van der Waals surface area contributed by atoms with Gasteiger partial charge in [0.05, 0.1) is 0 Å². The molecule has 0 radical (unpaired) electrons. The second-order valence-corrected chi connectivity index (χ2v) is 5.06. The third-order valence-electron chi connectivity index (χ3n) is 3.14. The number of halogens is 3. The highest BCUT2D eigenvalue weighted by atomic mass is 19.2. The van der Waals surface area contributed by atoms with Gasteiger partial charge in [-0.05, 0) is 24.0 Å². The first kappa shape index (κ1) is 14.6. The highest BCUT2D eigenvalue weighted by Crippen LogP contribution is 2.30. The monoisotopic (exact) mass is 282 g/mol. The molecule has 5 heteroatoms. The fourth-order valence-electron chi connectivity index (χ4n) is 2.07. The van der Waals surface area contributed by atoms with Crippen molar-refractivity contribution in [1.82, 2.24) is 4.98 Å². The molecule has 1 heterocycles. The highest BCUT2D eigenvalue weighted by molar-refractivity contribution is 5.83. The van der Waals surface area contributed by atoms with Crippen LogP contribution in [0.3, 0.4) is 0 Å². The van der Waals surface area contributed by atoms with Gasteiger partial charge in [-0.25, -0.2) is 18.2 Å². The van der Waals surface area contributed by atoms with E-state index in [1.165, 1.54) is 6.07 Å². The van der Waals surface area contributed by atoms with Crippen LogP contribution >= 0.6 is 0 Å². The van der Waals surface area contributed by atoms with Crippen LogP contribution in [0.25, 0.3) is 10.9 Å². The Morgan fingerprint density at radius 1 is 1.15 bits per heavy atom. The van der Waals surface area contributed by atoms with Crippen LogP contribution in [0.1, 0.15) is 38.7 Å². The molecule has 1 N–H and O–H groups in total. The molecule has 0 atom stereocenters. The number of anilines is 1. The van der Waals surface area contributed by atoms with Gasteiger partial charge in [-0.3, -0.25) is 0 Å². The maximum atomic E-state index is 13.8. The van der Waals surface area contributed by atoms with E-state index in [1.54, 1.807) is 0 Å². The molecule has 0 aliphatic rings. The maximum Gasteiger partial charge on any atom is 0.168 e. The van der Waals surface area contributed by atoms with Crippen molar-refractivity contribution in [3.8, 4) is 0 Å². The lowest BCUT2D eigenvalue weighted by Gasteiger charge is -2.15. The summed E-state index contributed by atoms with van der Waals surface area (Å²) in [5.41, 5.74) is 0.599. The first-order valence-electron chi connectivity index (χ1n) is 6.67. The molecule has 108 valence electrons. The van der Waals surface area contributed by atoms with Gasteiger partial charge in [0.25, 0.3) is 0 Å². The lowest BCUT2D eigenvalue weighted by Crippen LogP contribution is -2.08. The summed E-state index contributed by atoms with van der Waals surface area (Å²) in [7, 11) is 0. The van der Waals surface area contributed by atoms with E-state index in [0.717, 1.165) is 12.0 Å². The zero-order valence-corrected chi connectivity index (χ0v) is 11.7. The number of hydrogen-bond acceptors (Lipinski definition) is 2. The maximum absolute atomic E-state index is 13.8. The second kappa shape index (κ2) is 5.69. The van der Waals surface area contributed by atoms with Crippen molar-refractivity contribution in [1.29, 1.82) is 0 Å². The van der Waals surface area contributed by atoms with E-state index in [1.807, 2.05) is 20.8 Å². The van der Waals surface area contributed by atoms with Crippen molar-refractivity contribution < 1.29 is 13.2 Å². The zero-order chi connectivity index (χ0) is 14.9. The molecule has 2 nitrogen and oxygen atoms in total. The summed E-state index contributed by atoms with van der Waals surface area (Å²) < 4.78 is 40.9. The number of nitrogens with one attached hydrogen (secondary N) is 1. The van der Waals surface area contributed by atoms with Crippen molar-refractivity contribution in [2.75, 3.05) is 11.9 Å². The molecule has 1 aromatic heterocycles. The molecular formula is C15H17F3N2. The number of fused-ring (bicyclic) bond motifs is 1. The molecule has 2 aromatic rings. The van der Waals surface area contributed by atoms with Crippen LogP contribution in [0.2, 0.25) is 0 Å². The van der Waals surface area contributed by atoms with Crippen molar-refractivity contribution >= 4 is 16.7 Å². The summed E-state index contributed by atoms with van der Waals surface area (Å²) in [5, 5.41) is 2.99. The average Bonchev–Trinajstić information content (AvgIpc) is 2.41. The van der Waals surface area contributed by atoms with Crippen LogP contribution in [-0.4, -0.2) is 11.5 Å². The highest BCUT2D eigenvalue weighted by Gasteiger charge is 2.18. The lowest BCUT2D eigenvalue weighted by atomic mass is 10.0. The Balaban J connectivity index is 2.71. The Bertz CT molecular complexity index is 639. The topological polar surface area (TPSA) is 24.9 Å². The van der Waals surface area contributed by atoms with Crippen LogP contribution in [0, 0.1) is 17.5 Å². The summed E-state index contributed by atoms with van der Waals surface area (Å²) in [6.45, 7) is 6.53. The third-order valence-corrected chi connectivity index (χ3v) is 3.14. The van der Waals surface area contributed by atoms with Gasteiger partial charge in [0.2, 0.25) is 0 Å². The van der Waals surface area contributed by atoms with E-state index in [2.05, 4.69) is 10.3 Å². The van der Waals surface area contributed by atoms with Crippen LogP contribution < -0.4 is 5.32 Å². The molecule has 0 amide bonds. The van der Waals surface area contributed by atoms with Gasteiger partial charge in [-0.2, -0.15) is 0 Å². The van der Waals surface area contributed by atoms with Gasteiger partial charge in [-0.15, -0.1) is 0 Å². The summed E-state index contributed by atoms with van der Waals surface area (Å²) in [6, 6.07) is 2.01. The molecule has 0 unspecified atom stereocenters. The molecule has 0 bridgehead atoms. The number of rotatable bonds is 4.